The monoisotopic (exact) mass is 788 g/mol. The molecule has 4 aromatic carbocycles. The average molecular weight is 789 g/mol. The summed E-state index contributed by atoms with van der Waals surface area (Å²) in [6, 6.07) is 35.3. The van der Waals surface area contributed by atoms with E-state index < -0.39 is 5.97 Å². The van der Waals surface area contributed by atoms with Gasteiger partial charge in [0.1, 0.15) is 0 Å². The first-order chi connectivity index (χ1) is 28.3. The van der Waals surface area contributed by atoms with Crippen LogP contribution in [0.3, 0.4) is 0 Å². The zero-order valence-electron chi connectivity index (χ0n) is 34.0. The molecule has 0 radical (unpaired) electrons. The lowest BCUT2D eigenvalue weighted by molar-refractivity contribution is 0.0698. The normalized spacial score (nSPS) is 10.8. The molecular weight excluding hydrogens is 741 g/mol. The average Bonchev–Trinajstić information content (AvgIpc) is 3.78. The first-order valence-corrected chi connectivity index (χ1v) is 19.2. The second-order valence-corrected chi connectivity index (χ2v) is 14.5. The molecule has 11 nitrogen and oxygen atoms in total. The van der Waals surface area contributed by atoms with Crippen molar-refractivity contribution in [2.24, 2.45) is 5.73 Å². The van der Waals surface area contributed by atoms with Gasteiger partial charge in [0.05, 0.1) is 22.2 Å². The van der Waals surface area contributed by atoms with Crippen molar-refractivity contribution < 1.29 is 14.7 Å². The van der Waals surface area contributed by atoms with Gasteiger partial charge in [-0.3, -0.25) is 14.4 Å². The highest BCUT2D eigenvalue weighted by atomic mass is 16.4. The minimum Gasteiger partial charge on any atom is -0.478 e. The van der Waals surface area contributed by atoms with Gasteiger partial charge in [0, 0.05) is 70.1 Å². The van der Waals surface area contributed by atoms with Crippen LogP contribution in [0.25, 0.3) is 33.2 Å². The summed E-state index contributed by atoms with van der Waals surface area (Å²) in [5, 5.41) is 13.9. The number of aryl methyl sites for hydroxylation is 6. The molecule has 0 unspecified atom stereocenters. The maximum absolute atomic E-state index is 13.0. The number of amides is 1. The number of nitrogens with two attached hydrogens (primary N) is 1. The highest BCUT2D eigenvalue weighted by Gasteiger charge is 2.18. The Kier molecular flexibility index (Phi) is 12.6. The smallest absolute Gasteiger partial charge is 0.337 e. The SMILES string of the molecule is Cc1cc(C)c(CN)c(=O)[nH]1.Cc1cc(C)c(CNC(=O)c2cn(-c3ccccc3C)c3ccccc23)c(=O)[nH]1.Cc1ccccc1-n1cc(C(=O)O)c2ccccc21. The molecule has 1 amide bonds. The summed E-state index contributed by atoms with van der Waals surface area (Å²) >= 11 is 0. The van der Waals surface area contributed by atoms with E-state index in [1.54, 1.807) is 6.20 Å². The number of pyridine rings is 2. The van der Waals surface area contributed by atoms with Crippen LogP contribution in [0.4, 0.5) is 0 Å². The van der Waals surface area contributed by atoms with E-state index in [1.165, 1.54) is 0 Å². The Hall–Kier alpha value is -7.24. The molecule has 6 N–H and O–H groups in total. The van der Waals surface area contributed by atoms with Crippen molar-refractivity contribution in [2.75, 3.05) is 0 Å². The van der Waals surface area contributed by atoms with Crippen LogP contribution in [0, 0.1) is 41.5 Å². The summed E-state index contributed by atoms with van der Waals surface area (Å²) in [6.45, 7) is 12.0. The molecule has 59 heavy (non-hydrogen) atoms. The summed E-state index contributed by atoms with van der Waals surface area (Å²) in [4.78, 5) is 53.2. The third kappa shape index (κ3) is 9.01. The fourth-order valence-electron chi connectivity index (χ4n) is 7.28. The molecule has 0 bridgehead atoms. The Bertz CT molecular complexity index is 2950. The fourth-order valence-corrected chi connectivity index (χ4v) is 7.28. The maximum Gasteiger partial charge on any atom is 0.337 e. The van der Waals surface area contributed by atoms with Gasteiger partial charge in [-0.25, -0.2) is 4.79 Å². The van der Waals surface area contributed by atoms with Crippen molar-refractivity contribution >= 4 is 33.7 Å². The molecule has 4 aromatic heterocycles. The van der Waals surface area contributed by atoms with E-state index in [-0.39, 0.29) is 23.6 Å². The molecule has 0 spiro atoms. The topological polar surface area (TPSA) is 168 Å². The molecule has 8 aromatic rings. The van der Waals surface area contributed by atoms with Gasteiger partial charge in [0.2, 0.25) is 0 Å². The molecule has 4 heterocycles. The number of aromatic nitrogens is 4. The molecule has 0 saturated carbocycles. The molecule has 0 aliphatic carbocycles. The summed E-state index contributed by atoms with van der Waals surface area (Å²) in [5.41, 5.74) is 17.0. The number of aromatic carboxylic acids is 1. The van der Waals surface area contributed by atoms with E-state index in [9.17, 15) is 24.3 Å². The zero-order chi connectivity index (χ0) is 42.4. The van der Waals surface area contributed by atoms with E-state index in [0.29, 0.717) is 28.8 Å². The van der Waals surface area contributed by atoms with Crippen molar-refractivity contribution in [1.82, 2.24) is 24.4 Å². The van der Waals surface area contributed by atoms with Crippen LogP contribution in [-0.4, -0.2) is 36.1 Å². The number of carboxylic acids is 1. The first-order valence-electron chi connectivity index (χ1n) is 19.2. The van der Waals surface area contributed by atoms with Crippen LogP contribution in [0.5, 0.6) is 0 Å². The quantitative estimate of drug-likeness (QED) is 0.109. The van der Waals surface area contributed by atoms with Crippen molar-refractivity contribution in [3.8, 4) is 11.4 Å². The van der Waals surface area contributed by atoms with Gasteiger partial charge in [0.15, 0.2) is 0 Å². The van der Waals surface area contributed by atoms with Gasteiger partial charge >= 0.3 is 5.97 Å². The first kappa shape index (κ1) is 41.4. The Labute approximate surface area is 341 Å². The van der Waals surface area contributed by atoms with Crippen LogP contribution >= 0.6 is 0 Å². The third-order valence-corrected chi connectivity index (χ3v) is 10.3. The second-order valence-electron chi connectivity index (χ2n) is 14.5. The number of aromatic amines is 2. The van der Waals surface area contributed by atoms with Gasteiger partial charge in [-0.15, -0.1) is 0 Å². The van der Waals surface area contributed by atoms with Crippen molar-refractivity contribution in [2.45, 2.75) is 54.6 Å². The lowest BCUT2D eigenvalue weighted by atomic mass is 10.1. The van der Waals surface area contributed by atoms with Gasteiger partial charge in [-0.2, -0.15) is 0 Å². The molecule has 0 aliphatic heterocycles. The summed E-state index contributed by atoms with van der Waals surface area (Å²) in [7, 11) is 0. The molecule has 300 valence electrons. The van der Waals surface area contributed by atoms with Gasteiger partial charge in [0.25, 0.3) is 17.0 Å². The van der Waals surface area contributed by atoms with E-state index in [1.807, 2.05) is 153 Å². The van der Waals surface area contributed by atoms with Crippen LogP contribution < -0.4 is 22.2 Å². The highest BCUT2D eigenvalue weighted by Crippen LogP contribution is 2.28. The number of nitrogens with zero attached hydrogens (tertiary/aromatic N) is 2. The molecule has 0 aliphatic rings. The number of hydrogen-bond donors (Lipinski definition) is 5. The van der Waals surface area contributed by atoms with Crippen LogP contribution in [-0.2, 0) is 13.1 Å². The molecule has 0 saturated heterocycles. The largest absolute Gasteiger partial charge is 0.478 e. The number of H-pyrrole nitrogens is 2. The van der Waals surface area contributed by atoms with Crippen LogP contribution in [0.1, 0.15) is 65.5 Å². The van der Waals surface area contributed by atoms with Crippen molar-refractivity contribution in [3.63, 3.8) is 0 Å². The molecule has 0 atom stereocenters. The van der Waals surface area contributed by atoms with E-state index >= 15 is 0 Å². The van der Waals surface area contributed by atoms with E-state index in [0.717, 1.165) is 66.8 Å². The van der Waals surface area contributed by atoms with Crippen LogP contribution in [0.15, 0.2) is 131 Å². The van der Waals surface area contributed by atoms with Gasteiger partial charge in [-0.05, 0) is 100 Å². The summed E-state index contributed by atoms with van der Waals surface area (Å²) < 4.78 is 3.98. The summed E-state index contributed by atoms with van der Waals surface area (Å²) in [5.74, 6) is -1.10. The Balaban J connectivity index is 0.000000166. The Morgan fingerprint density at radius 3 is 1.47 bits per heavy atom. The number of para-hydroxylation sites is 4. The lowest BCUT2D eigenvalue weighted by Gasteiger charge is -2.08. The number of carbonyl (C=O) groups is 2. The van der Waals surface area contributed by atoms with E-state index in [4.69, 9.17) is 5.73 Å². The predicted octanol–water partition coefficient (Wildman–Crippen LogP) is 8.26. The standard InChI is InChI=1S/C24H23N3O2.C16H13NO2.C8H12N2O/c1-15-8-4-6-10-21(15)27-14-20(18-9-5-7-11-22(18)27)23(28)25-13-19-16(2)12-17(3)26-24(19)29;1-11-6-2-4-8-14(11)17-10-13(16(18)19)12-7-3-5-9-15(12)17;1-5-3-6(2)10-8(11)7(5)4-9/h4-12,14H,13H2,1-3H3,(H,25,28)(H,26,29);2-10H,1H3,(H,18,19);3H,4,9H2,1-2H3,(H,10,11). The molecular formula is C48H48N6O5. The number of nitrogens with one attached hydrogen (secondary N) is 3. The molecule has 8 rings (SSSR count). The summed E-state index contributed by atoms with van der Waals surface area (Å²) in [6.07, 6.45) is 3.56. The highest BCUT2D eigenvalue weighted by molar-refractivity contribution is 6.07. The van der Waals surface area contributed by atoms with Crippen molar-refractivity contribution in [1.29, 1.82) is 0 Å². The van der Waals surface area contributed by atoms with Crippen molar-refractivity contribution in [3.05, 3.63) is 198 Å². The Morgan fingerprint density at radius 2 is 1.02 bits per heavy atom. The lowest BCUT2D eigenvalue weighted by Crippen LogP contribution is -2.27. The number of carboxylic acid groups (broad SMARTS) is 1. The maximum atomic E-state index is 13.0. The number of benzene rings is 4. The minimum absolute atomic E-state index is 0.0648. The van der Waals surface area contributed by atoms with Gasteiger partial charge in [-0.1, -0.05) is 72.8 Å². The number of rotatable bonds is 7. The number of fused-ring (bicyclic) bond motifs is 2. The fraction of sp³-hybridized carbons (Fsp3) is 0.167. The number of hydrogen-bond acceptors (Lipinski definition) is 5. The minimum atomic E-state index is -0.900. The molecule has 11 heteroatoms. The predicted molar refractivity (Wildman–Crippen MR) is 235 cm³/mol. The van der Waals surface area contributed by atoms with Gasteiger partial charge < -0.3 is 35.3 Å². The number of carbonyl (C=O) groups excluding carboxylic acids is 1. The zero-order valence-corrected chi connectivity index (χ0v) is 34.0. The Morgan fingerprint density at radius 1 is 0.593 bits per heavy atom. The van der Waals surface area contributed by atoms with E-state index in [2.05, 4.69) is 28.3 Å². The third-order valence-electron chi connectivity index (χ3n) is 10.3. The molecule has 0 fully saturated rings. The second kappa shape index (κ2) is 17.9. The van der Waals surface area contributed by atoms with Crippen LogP contribution in [0.2, 0.25) is 0 Å².